The molecule has 0 saturated heterocycles. The van der Waals surface area contributed by atoms with E-state index in [1.54, 1.807) is 14.2 Å². The van der Waals surface area contributed by atoms with E-state index in [4.69, 9.17) is 14.2 Å². The van der Waals surface area contributed by atoms with Crippen LogP contribution in [0.1, 0.15) is 22.3 Å². The van der Waals surface area contributed by atoms with Crippen LogP contribution in [0.2, 0.25) is 0 Å². The number of methoxy groups -OCH3 is 2. The molecule has 0 bridgehead atoms. The third-order valence-corrected chi connectivity index (χ3v) is 5.63. The number of carbonyl (C=O) groups excluding carboxylic acids is 1. The van der Waals surface area contributed by atoms with Crippen molar-refractivity contribution >= 4 is 22.9 Å². The van der Waals surface area contributed by atoms with Gasteiger partial charge in [-0.3, -0.25) is 9.69 Å². The summed E-state index contributed by atoms with van der Waals surface area (Å²) >= 11 is 0. The fourth-order valence-corrected chi connectivity index (χ4v) is 3.98. The van der Waals surface area contributed by atoms with Crippen molar-refractivity contribution in [1.82, 2.24) is 4.90 Å². The number of hydrogen-bond donors (Lipinski definition) is 1. The summed E-state index contributed by atoms with van der Waals surface area (Å²) in [6.07, 6.45) is 0.940. The summed E-state index contributed by atoms with van der Waals surface area (Å²) in [7, 11) is 3.45. The molecule has 2 aliphatic heterocycles. The van der Waals surface area contributed by atoms with Crippen LogP contribution in [-0.4, -0.2) is 57.9 Å². The van der Waals surface area contributed by atoms with Crippen LogP contribution >= 0.6 is 0 Å². The zero-order chi connectivity index (χ0) is 20.9. The highest BCUT2D eigenvalue weighted by atomic mass is 16.5. The topological polar surface area (TPSA) is 60.0 Å². The number of hydrogen-bond acceptors (Lipinski definition) is 5. The zero-order valence-corrected chi connectivity index (χ0v) is 17.6. The van der Waals surface area contributed by atoms with Crippen molar-refractivity contribution in [3.05, 3.63) is 64.7 Å². The summed E-state index contributed by atoms with van der Waals surface area (Å²) < 4.78 is 16.4. The number of ether oxygens (including phenoxy) is 3. The lowest BCUT2D eigenvalue weighted by Crippen LogP contribution is -2.32. The van der Waals surface area contributed by atoms with Gasteiger partial charge in [-0.15, -0.1) is 0 Å². The molecule has 0 unspecified atom stereocenters. The molecule has 0 spiro atoms. The predicted octanol–water partition coefficient (Wildman–Crippen LogP) is 3.17. The second-order valence-corrected chi connectivity index (χ2v) is 7.56. The molecule has 4 rings (SSSR count). The molecule has 0 radical (unpaired) electrons. The lowest BCUT2D eigenvalue weighted by Gasteiger charge is -2.21. The molecule has 1 amide bonds. The van der Waals surface area contributed by atoms with Gasteiger partial charge in [0, 0.05) is 56.2 Å². The molecule has 2 aromatic rings. The Balaban J connectivity index is 1.51. The van der Waals surface area contributed by atoms with Gasteiger partial charge in [-0.2, -0.15) is 0 Å². The van der Waals surface area contributed by atoms with Crippen LogP contribution in [0.3, 0.4) is 0 Å². The molecule has 6 nitrogen and oxygen atoms in total. The third-order valence-electron chi connectivity index (χ3n) is 5.63. The van der Waals surface area contributed by atoms with E-state index in [0.29, 0.717) is 31.2 Å². The van der Waals surface area contributed by atoms with Crippen molar-refractivity contribution in [3.63, 3.8) is 0 Å². The first-order chi connectivity index (χ1) is 14.7. The zero-order valence-electron chi connectivity index (χ0n) is 17.6. The van der Waals surface area contributed by atoms with Crippen LogP contribution in [-0.2, 0) is 32.0 Å². The highest BCUT2D eigenvalue weighted by Crippen LogP contribution is 2.41. The Kier molecular flexibility index (Phi) is 6.47. The summed E-state index contributed by atoms with van der Waals surface area (Å²) in [5.74, 6) is 0.580. The smallest absolute Gasteiger partial charge is 0.260 e. The number of rotatable bonds is 9. The minimum Gasteiger partial charge on any atom is -0.487 e. The van der Waals surface area contributed by atoms with Gasteiger partial charge in [0.05, 0.1) is 18.8 Å². The van der Waals surface area contributed by atoms with Gasteiger partial charge < -0.3 is 19.5 Å². The second-order valence-electron chi connectivity index (χ2n) is 7.56. The monoisotopic (exact) mass is 408 g/mol. The van der Waals surface area contributed by atoms with Crippen LogP contribution < -0.4 is 5.32 Å². The molecule has 6 heteroatoms. The molecule has 0 aromatic heterocycles. The third kappa shape index (κ3) is 4.26. The Bertz CT molecular complexity index is 946. The maximum absolute atomic E-state index is 12.6. The lowest BCUT2D eigenvalue weighted by atomic mass is 9.98. The van der Waals surface area contributed by atoms with Gasteiger partial charge in [0.2, 0.25) is 0 Å². The molecule has 2 aliphatic rings. The summed E-state index contributed by atoms with van der Waals surface area (Å²) in [5, 5.41) is 2.93. The Morgan fingerprint density at radius 1 is 1.00 bits per heavy atom. The van der Waals surface area contributed by atoms with Gasteiger partial charge in [-0.05, 0) is 18.1 Å². The number of nitrogens with zero attached hydrogens (tertiary/aromatic N) is 1. The Morgan fingerprint density at radius 3 is 2.53 bits per heavy atom. The van der Waals surface area contributed by atoms with Crippen LogP contribution in [0.15, 0.2) is 42.5 Å². The van der Waals surface area contributed by atoms with Crippen LogP contribution in [0.25, 0.3) is 11.3 Å². The van der Waals surface area contributed by atoms with Crippen LogP contribution in [0, 0.1) is 0 Å². The maximum Gasteiger partial charge on any atom is 0.260 e. The number of nitrogens with one attached hydrogen (secondary N) is 1. The largest absolute Gasteiger partial charge is 0.487 e. The summed E-state index contributed by atoms with van der Waals surface area (Å²) in [6.45, 7) is 4.63. The van der Waals surface area contributed by atoms with Crippen molar-refractivity contribution in [2.24, 2.45) is 0 Å². The minimum atomic E-state index is -0.102. The van der Waals surface area contributed by atoms with Gasteiger partial charge in [0.25, 0.3) is 5.91 Å². The molecular weight excluding hydrogens is 380 g/mol. The van der Waals surface area contributed by atoms with Crippen molar-refractivity contribution in [1.29, 1.82) is 0 Å². The molecule has 2 aromatic carbocycles. The van der Waals surface area contributed by atoms with Gasteiger partial charge in [-0.25, -0.2) is 0 Å². The van der Waals surface area contributed by atoms with E-state index in [1.807, 2.05) is 24.3 Å². The van der Waals surface area contributed by atoms with Crippen LogP contribution in [0.4, 0.5) is 5.69 Å². The SMILES string of the molecule is COCCN(CCOC)CCc1ccc2c(c1)COC2=C1C(=O)Nc2ccccc21. The molecule has 2 heterocycles. The molecule has 30 heavy (non-hydrogen) atoms. The summed E-state index contributed by atoms with van der Waals surface area (Å²) in [6, 6.07) is 14.2. The maximum atomic E-state index is 12.6. The van der Waals surface area contributed by atoms with Crippen molar-refractivity contribution < 1.29 is 19.0 Å². The van der Waals surface area contributed by atoms with E-state index in [0.717, 1.165) is 48.4 Å². The Labute approximate surface area is 177 Å². The molecule has 158 valence electrons. The van der Waals surface area contributed by atoms with E-state index in [1.165, 1.54) is 5.56 Å². The van der Waals surface area contributed by atoms with Crippen molar-refractivity contribution in [2.75, 3.05) is 52.4 Å². The normalized spacial score (nSPS) is 17.1. The van der Waals surface area contributed by atoms with E-state index < -0.39 is 0 Å². The molecule has 0 atom stereocenters. The van der Waals surface area contributed by atoms with Gasteiger partial charge in [-0.1, -0.05) is 36.4 Å². The highest BCUT2D eigenvalue weighted by molar-refractivity contribution is 6.36. The van der Waals surface area contributed by atoms with Crippen molar-refractivity contribution in [3.8, 4) is 0 Å². The average Bonchev–Trinajstić information content (AvgIpc) is 3.32. The number of benzene rings is 2. The summed E-state index contributed by atoms with van der Waals surface area (Å²) in [5.41, 5.74) is 5.78. The van der Waals surface area contributed by atoms with E-state index in [9.17, 15) is 4.79 Å². The minimum absolute atomic E-state index is 0.102. The first kappa shape index (κ1) is 20.6. The second kappa shape index (κ2) is 9.43. The number of para-hydroxylation sites is 1. The Morgan fingerprint density at radius 2 is 1.77 bits per heavy atom. The quantitative estimate of drug-likeness (QED) is 0.646. The lowest BCUT2D eigenvalue weighted by molar-refractivity contribution is -0.110. The fourth-order valence-electron chi connectivity index (χ4n) is 3.98. The summed E-state index contributed by atoms with van der Waals surface area (Å²) in [4.78, 5) is 14.9. The Hall–Kier alpha value is -2.67. The predicted molar refractivity (Wildman–Crippen MR) is 117 cm³/mol. The van der Waals surface area contributed by atoms with Gasteiger partial charge >= 0.3 is 0 Å². The molecule has 0 fully saturated rings. The fraction of sp³-hybridized carbons (Fsp3) is 0.375. The van der Waals surface area contributed by atoms with Crippen LogP contribution in [0.5, 0.6) is 0 Å². The number of anilines is 1. The molecule has 0 saturated carbocycles. The molecule has 1 N–H and O–H groups in total. The van der Waals surface area contributed by atoms with E-state index in [2.05, 4.69) is 28.4 Å². The van der Waals surface area contributed by atoms with Gasteiger partial charge in [0.15, 0.2) is 0 Å². The van der Waals surface area contributed by atoms with Crippen molar-refractivity contribution in [2.45, 2.75) is 13.0 Å². The van der Waals surface area contributed by atoms with Gasteiger partial charge in [0.1, 0.15) is 12.4 Å². The van der Waals surface area contributed by atoms with E-state index >= 15 is 0 Å². The number of carbonyl (C=O) groups is 1. The number of amides is 1. The standard InChI is InChI=1S/C24H28N2O4/c1-28-13-11-26(12-14-29-2)10-9-17-7-8-19-18(15-17)16-30-23(19)22-20-5-3-4-6-21(20)25-24(22)27/h3-8,15H,9-14,16H2,1-2H3,(H,25,27). The number of fused-ring (bicyclic) bond motifs is 2. The molecular formula is C24H28N2O4. The van der Waals surface area contributed by atoms with E-state index in [-0.39, 0.29) is 5.91 Å². The first-order valence-corrected chi connectivity index (χ1v) is 10.3. The average molecular weight is 408 g/mol. The highest BCUT2D eigenvalue weighted by Gasteiger charge is 2.32. The first-order valence-electron chi connectivity index (χ1n) is 10.3. The molecule has 0 aliphatic carbocycles.